The molecule has 1 fully saturated rings. The highest BCUT2D eigenvalue weighted by atomic mass is 79.9. The average Bonchev–Trinajstić information content (AvgIpc) is 2.74. The summed E-state index contributed by atoms with van der Waals surface area (Å²) in [6, 6.07) is 14.7. The Labute approximate surface area is 178 Å². The van der Waals surface area contributed by atoms with Crippen molar-refractivity contribution in [3.63, 3.8) is 0 Å². The molecule has 0 spiro atoms. The van der Waals surface area contributed by atoms with Crippen molar-refractivity contribution in [3.8, 4) is 0 Å². The van der Waals surface area contributed by atoms with Crippen molar-refractivity contribution in [2.24, 2.45) is 4.99 Å². The summed E-state index contributed by atoms with van der Waals surface area (Å²) < 4.78 is 7.38. The highest BCUT2D eigenvalue weighted by Gasteiger charge is 2.31. The standard InChI is InChI=1S/C23H23BrN4O/c1-14-8-9-20(16-5-4-10-25-22(14)16)28-12-15(2)29-21(13-28)23-26-11-17-18(24)6-3-7-19(17)27-23/h3-10,15,21H,11-13H2,1-2H3,(H,26,27). The number of rotatable bonds is 2. The van der Waals surface area contributed by atoms with Crippen LogP contribution in [0.1, 0.15) is 18.1 Å². The van der Waals surface area contributed by atoms with E-state index in [0.29, 0.717) is 0 Å². The molecule has 148 valence electrons. The molecule has 3 heterocycles. The van der Waals surface area contributed by atoms with Crippen LogP contribution in [0.25, 0.3) is 10.9 Å². The van der Waals surface area contributed by atoms with Gasteiger partial charge in [0.05, 0.1) is 23.9 Å². The maximum atomic E-state index is 6.30. The van der Waals surface area contributed by atoms with Gasteiger partial charge in [-0.15, -0.1) is 0 Å². The summed E-state index contributed by atoms with van der Waals surface area (Å²) in [5.41, 5.74) is 5.66. The van der Waals surface area contributed by atoms with Gasteiger partial charge in [0, 0.05) is 40.4 Å². The summed E-state index contributed by atoms with van der Waals surface area (Å²) in [6.45, 7) is 6.59. The van der Waals surface area contributed by atoms with Gasteiger partial charge in [0.2, 0.25) is 0 Å². The first-order valence-electron chi connectivity index (χ1n) is 9.95. The molecular weight excluding hydrogens is 428 g/mol. The molecule has 5 nitrogen and oxygen atoms in total. The van der Waals surface area contributed by atoms with Crippen molar-refractivity contribution in [2.45, 2.75) is 32.6 Å². The number of nitrogens with zero attached hydrogens (tertiary/aromatic N) is 3. The van der Waals surface area contributed by atoms with E-state index in [1.165, 1.54) is 22.2 Å². The fraction of sp³-hybridized carbons (Fsp3) is 0.304. The van der Waals surface area contributed by atoms with Crippen LogP contribution in [-0.4, -0.2) is 36.1 Å². The minimum atomic E-state index is -0.0982. The molecule has 2 aliphatic heterocycles. The number of fused-ring (bicyclic) bond motifs is 2. The molecule has 1 N–H and O–H groups in total. The first kappa shape index (κ1) is 18.6. The molecular formula is C23H23BrN4O. The molecule has 2 atom stereocenters. The van der Waals surface area contributed by atoms with Crippen molar-refractivity contribution in [3.05, 3.63) is 64.3 Å². The molecule has 1 saturated heterocycles. The second kappa shape index (κ2) is 7.43. The maximum Gasteiger partial charge on any atom is 0.134 e. The fourth-order valence-electron chi connectivity index (χ4n) is 4.23. The highest BCUT2D eigenvalue weighted by molar-refractivity contribution is 9.10. The Balaban J connectivity index is 1.49. The van der Waals surface area contributed by atoms with Crippen LogP contribution in [-0.2, 0) is 11.3 Å². The summed E-state index contributed by atoms with van der Waals surface area (Å²) in [5, 5.41) is 4.67. The maximum absolute atomic E-state index is 6.30. The largest absolute Gasteiger partial charge is 0.367 e. The zero-order valence-electron chi connectivity index (χ0n) is 16.5. The molecule has 2 aliphatic rings. The summed E-state index contributed by atoms with van der Waals surface area (Å²) >= 11 is 3.62. The van der Waals surface area contributed by atoms with E-state index in [0.717, 1.165) is 41.1 Å². The van der Waals surface area contributed by atoms with E-state index in [-0.39, 0.29) is 12.2 Å². The monoisotopic (exact) mass is 450 g/mol. The normalized spacial score (nSPS) is 21.5. The topological polar surface area (TPSA) is 49.8 Å². The predicted octanol–water partition coefficient (Wildman–Crippen LogP) is 4.73. The number of aliphatic imine (C=N–C) groups is 1. The number of amidine groups is 1. The molecule has 6 heteroatoms. The number of aromatic nitrogens is 1. The van der Waals surface area contributed by atoms with Gasteiger partial charge in [0.25, 0.3) is 0 Å². The smallest absolute Gasteiger partial charge is 0.134 e. The molecule has 2 unspecified atom stereocenters. The lowest BCUT2D eigenvalue weighted by molar-refractivity contribution is 0.0188. The van der Waals surface area contributed by atoms with Crippen molar-refractivity contribution in [1.82, 2.24) is 10.3 Å². The average molecular weight is 451 g/mol. The van der Waals surface area contributed by atoms with Crippen LogP contribution in [0.4, 0.5) is 11.4 Å². The second-order valence-electron chi connectivity index (χ2n) is 7.73. The first-order chi connectivity index (χ1) is 14.1. The van der Waals surface area contributed by atoms with E-state index < -0.39 is 0 Å². The van der Waals surface area contributed by atoms with Gasteiger partial charge in [0.15, 0.2) is 0 Å². The summed E-state index contributed by atoms with van der Waals surface area (Å²) in [6.07, 6.45) is 1.87. The van der Waals surface area contributed by atoms with Gasteiger partial charge in [-0.3, -0.25) is 4.98 Å². The van der Waals surface area contributed by atoms with E-state index in [4.69, 9.17) is 9.73 Å². The summed E-state index contributed by atoms with van der Waals surface area (Å²) in [5.74, 6) is 0.904. The van der Waals surface area contributed by atoms with Crippen LogP contribution in [0.3, 0.4) is 0 Å². The molecule has 5 rings (SSSR count). The van der Waals surface area contributed by atoms with Gasteiger partial charge in [0.1, 0.15) is 11.9 Å². The summed E-state index contributed by atoms with van der Waals surface area (Å²) in [4.78, 5) is 11.9. The van der Waals surface area contributed by atoms with Gasteiger partial charge in [-0.2, -0.15) is 0 Å². The quantitative estimate of drug-likeness (QED) is 0.612. The third-order valence-electron chi connectivity index (χ3n) is 5.64. The fourth-order valence-corrected chi connectivity index (χ4v) is 4.73. The number of anilines is 1. The van der Waals surface area contributed by atoms with E-state index in [1.807, 2.05) is 18.3 Å². The van der Waals surface area contributed by atoms with Crippen LogP contribution in [0.15, 0.2) is 58.1 Å². The molecule has 2 aromatic carbocycles. The van der Waals surface area contributed by atoms with Crippen LogP contribution in [0, 0.1) is 6.92 Å². The Morgan fingerprint density at radius 3 is 2.93 bits per heavy atom. The molecule has 0 saturated carbocycles. The Hall–Kier alpha value is -2.44. The Morgan fingerprint density at radius 1 is 1.14 bits per heavy atom. The third kappa shape index (κ3) is 3.40. The van der Waals surface area contributed by atoms with Crippen molar-refractivity contribution >= 4 is 44.0 Å². The number of morpholine rings is 1. The van der Waals surface area contributed by atoms with Gasteiger partial charge in [-0.05, 0) is 49.7 Å². The number of ether oxygens (including phenoxy) is 1. The van der Waals surface area contributed by atoms with Crippen LogP contribution in [0.5, 0.6) is 0 Å². The number of nitrogens with one attached hydrogen (secondary N) is 1. The summed E-state index contributed by atoms with van der Waals surface area (Å²) in [7, 11) is 0. The van der Waals surface area contributed by atoms with Crippen LogP contribution in [0.2, 0.25) is 0 Å². The first-order valence-corrected chi connectivity index (χ1v) is 10.7. The van der Waals surface area contributed by atoms with Gasteiger partial charge in [-0.25, -0.2) is 4.99 Å². The predicted molar refractivity (Wildman–Crippen MR) is 121 cm³/mol. The SMILES string of the molecule is Cc1ccc(N2CC(C)OC(C3=Nc4cccc(Br)c4CN3)C2)c2cccnc12. The Morgan fingerprint density at radius 2 is 2.03 bits per heavy atom. The van der Waals surface area contributed by atoms with E-state index in [1.54, 1.807) is 0 Å². The number of pyridine rings is 1. The number of benzene rings is 2. The number of aryl methyl sites for hydroxylation is 1. The van der Waals surface area contributed by atoms with Gasteiger partial charge in [-0.1, -0.05) is 28.1 Å². The molecule has 1 aromatic heterocycles. The zero-order chi connectivity index (χ0) is 20.0. The molecule has 0 bridgehead atoms. The molecule has 0 radical (unpaired) electrons. The van der Waals surface area contributed by atoms with Gasteiger partial charge < -0.3 is 15.0 Å². The zero-order valence-corrected chi connectivity index (χ0v) is 18.1. The van der Waals surface area contributed by atoms with E-state index in [9.17, 15) is 0 Å². The lowest BCUT2D eigenvalue weighted by Gasteiger charge is -2.39. The van der Waals surface area contributed by atoms with Crippen molar-refractivity contribution in [1.29, 1.82) is 0 Å². The van der Waals surface area contributed by atoms with Crippen molar-refractivity contribution < 1.29 is 4.74 Å². The van der Waals surface area contributed by atoms with Crippen LogP contribution >= 0.6 is 15.9 Å². The van der Waals surface area contributed by atoms with E-state index >= 15 is 0 Å². The number of hydrogen-bond donors (Lipinski definition) is 1. The lowest BCUT2D eigenvalue weighted by Crippen LogP contribution is -2.53. The Bertz CT molecular complexity index is 1110. The third-order valence-corrected chi connectivity index (χ3v) is 6.38. The van der Waals surface area contributed by atoms with Crippen LogP contribution < -0.4 is 10.2 Å². The highest BCUT2D eigenvalue weighted by Crippen LogP contribution is 2.32. The lowest BCUT2D eigenvalue weighted by atomic mass is 10.1. The van der Waals surface area contributed by atoms with Gasteiger partial charge >= 0.3 is 0 Å². The number of halogens is 1. The molecule has 0 aliphatic carbocycles. The van der Waals surface area contributed by atoms with Crippen molar-refractivity contribution in [2.75, 3.05) is 18.0 Å². The number of hydrogen-bond acceptors (Lipinski definition) is 5. The second-order valence-corrected chi connectivity index (χ2v) is 8.58. The minimum Gasteiger partial charge on any atom is -0.367 e. The molecule has 29 heavy (non-hydrogen) atoms. The Kier molecular flexibility index (Phi) is 4.76. The minimum absolute atomic E-state index is 0.0982. The molecule has 0 amide bonds. The van der Waals surface area contributed by atoms with E-state index in [2.05, 4.69) is 75.3 Å². The molecule has 3 aromatic rings.